The lowest BCUT2D eigenvalue weighted by Gasteiger charge is -2.56. The molecule has 6 rings (SSSR count). The summed E-state index contributed by atoms with van der Waals surface area (Å²) in [5.41, 5.74) is 1.19. The van der Waals surface area contributed by atoms with E-state index in [4.69, 9.17) is 9.26 Å². The summed E-state index contributed by atoms with van der Waals surface area (Å²) in [6.07, 6.45) is 12.1. The smallest absolute Gasteiger partial charge is 0.273 e. The monoisotopic (exact) mass is 422 g/mol. The van der Waals surface area contributed by atoms with Crippen molar-refractivity contribution in [3.8, 4) is 17.1 Å². The molecule has 4 bridgehead atoms. The zero-order valence-corrected chi connectivity index (χ0v) is 18.6. The van der Waals surface area contributed by atoms with Gasteiger partial charge in [-0.15, -0.1) is 0 Å². The van der Waals surface area contributed by atoms with Gasteiger partial charge in [0.2, 0.25) is 0 Å². The Hall–Kier alpha value is -2.30. The standard InChI is InChI=1S/C26H34N2O3/c1-2-3-4-7-10-30-23-9-6-5-8-21(23)24-14-22(28-31-24)25(29)27-26-15-18-11-19(16-26)13-20(12-18)17-26/h5-6,8-9,14,18-20H,2-4,7,10-13,15-17H2,1H3,(H,27,29). The van der Waals surface area contributed by atoms with E-state index in [9.17, 15) is 4.79 Å². The minimum atomic E-state index is -0.102. The zero-order valence-electron chi connectivity index (χ0n) is 18.6. The van der Waals surface area contributed by atoms with Gasteiger partial charge in [-0.25, -0.2) is 0 Å². The van der Waals surface area contributed by atoms with Crippen molar-refractivity contribution in [2.24, 2.45) is 17.8 Å². The number of carbonyl (C=O) groups excluding carboxylic acids is 1. The van der Waals surface area contributed by atoms with Crippen molar-refractivity contribution >= 4 is 5.91 Å². The van der Waals surface area contributed by atoms with Crippen LogP contribution in [0.1, 0.15) is 81.6 Å². The van der Waals surface area contributed by atoms with Crippen molar-refractivity contribution in [3.05, 3.63) is 36.0 Å². The summed E-state index contributed by atoms with van der Waals surface area (Å²) in [5.74, 6) is 3.64. The highest BCUT2D eigenvalue weighted by Crippen LogP contribution is 2.55. The quantitative estimate of drug-likeness (QED) is 0.503. The molecular weight excluding hydrogens is 388 g/mol. The Labute approximate surface area is 184 Å². The molecule has 4 aliphatic rings. The Balaban J connectivity index is 1.26. The number of hydrogen-bond acceptors (Lipinski definition) is 4. The summed E-state index contributed by atoms with van der Waals surface area (Å²) >= 11 is 0. The number of aromatic nitrogens is 1. The molecule has 5 heteroatoms. The number of rotatable bonds is 9. The van der Waals surface area contributed by atoms with E-state index in [1.165, 1.54) is 38.5 Å². The van der Waals surface area contributed by atoms with Gasteiger partial charge in [-0.1, -0.05) is 43.5 Å². The van der Waals surface area contributed by atoms with Crippen molar-refractivity contribution in [2.75, 3.05) is 6.61 Å². The van der Waals surface area contributed by atoms with E-state index in [-0.39, 0.29) is 11.4 Å². The normalized spacial score (nSPS) is 28.6. The average molecular weight is 423 g/mol. The maximum absolute atomic E-state index is 13.1. The van der Waals surface area contributed by atoms with E-state index < -0.39 is 0 Å². The molecule has 0 saturated heterocycles. The van der Waals surface area contributed by atoms with Crippen LogP contribution >= 0.6 is 0 Å². The van der Waals surface area contributed by atoms with Crippen molar-refractivity contribution in [3.63, 3.8) is 0 Å². The van der Waals surface area contributed by atoms with E-state index in [0.29, 0.717) is 18.1 Å². The second-order valence-corrected chi connectivity index (χ2v) is 10.1. The van der Waals surface area contributed by atoms with Crippen LogP contribution in [0.25, 0.3) is 11.3 Å². The largest absolute Gasteiger partial charge is 0.493 e. The number of ether oxygens (including phenoxy) is 1. The minimum Gasteiger partial charge on any atom is -0.493 e. The molecule has 31 heavy (non-hydrogen) atoms. The van der Waals surface area contributed by atoms with Gasteiger partial charge in [0.1, 0.15) is 5.75 Å². The van der Waals surface area contributed by atoms with Crippen molar-refractivity contribution in [2.45, 2.75) is 76.7 Å². The van der Waals surface area contributed by atoms with Crippen LogP contribution in [-0.4, -0.2) is 23.2 Å². The maximum Gasteiger partial charge on any atom is 0.273 e. The minimum absolute atomic E-state index is 0.0234. The van der Waals surface area contributed by atoms with E-state index >= 15 is 0 Å². The Bertz CT molecular complexity index is 884. The van der Waals surface area contributed by atoms with Crippen molar-refractivity contribution in [1.29, 1.82) is 0 Å². The third-order valence-electron chi connectivity index (χ3n) is 7.57. The van der Waals surface area contributed by atoms with E-state index in [1.807, 2.05) is 24.3 Å². The first kappa shape index (κ1) is 20.6. The highest BCUT2D eigenvalue weighted by atomic mass is 16.5. The first-order valence-electron chi connectivity index (χ1n) is 12.2. The first-order valence-corrected chi connectivity index (χ1v) is 12.2. The molecule has 0 radical (unpaired) electrons. The summed E-state index contributed by atoms with van der Waals surface area (Å²) in [6.45, 7) is 2.89. The second kappa shape index (κ2) is 8.68. The molecule has 1 heterocycles. The Morgan fingerprint density at radius 3 is 2.52 bits per heavy atom. The van der Waals surface area contributed by atoms with Crippen molar-refractivity contribution < 1.29 is 14.1 Å². The molecule has 4 saturated carbocycles. The fourth-order valence-corrected chi connectivity index (χ4v) is 6.58. The summed E-state index contributed by atoms with van der Waals surface area (Å²) in [4.78, 5) is 13.1. The molecule has 1 amide bonds. The van der Waals surface area contributed by atoms with Crippen LogP contribution in [0.3, 0.4) is 0 Å². The van der Waals surface area contributed by atoms with Crippen LogP contribution in [0.15, 0.2) is 34.9 Å². The highest BCUT2D eigenvalue weighted by molar-refractivity contribution is 5.93. The van der Waals surface area contributed by atoms with Gasteiger partial charge in [-0.2, -0.15) is 0 Å². The van der Waals surface area contributed by atoms with Gasteiger partial charge in [-0.3, -0.25) is 4.79 Å². The van der Waals surface area contributed by atoms with Gasteiger partial charge in [0.15, 0.2) is 11.5 Å². The predicted molar refractivity (Wildman–Crippen MR) is 120 cm³/mol. The Morgan fingerprint density at radius 1 is 1.10 bits per heavy atom. The lowest BCUT2D eigenvalue weighted by molar-refractivity contribution is -0.0168. The zero-order chi connectivity index (χ0) is 21.3. The van der Waals surface area contributed by atoms with Crippen LogP contribution < -0.4 is 10.1 Å². The van der Waals surface area contributed by atoms with E-state index in [2.05, 4.69) is 17.4 Å². The van der Waals surface area contributed by atoms with Crippen LogP contribution in [0.4, 0.5) is 0 Å². The number of nitrogens with one attached hydrogen (secondary N) is 1. The molecule has 1 aromatic carbocycles. The van der Waals surface area contributed by atoms with Gasteiger partial charge in [0.25, 0.3) is 5.91 Å². The second-order valence-electron chi connectivity index (χ2n) is 10.1. The molecule has 1 aromatic heterocycles. The van der Waals surface area contributed by atoms with Crippen LogP contribution in [0, 0.1) is 17.8 Å². The SMILES string of the molecule is CCCCCCOc1ccccc1-c1cc(C(=O)NC23CC4CC(CC(C4)C2)C3)no1. The van der Waals surface area contributed by atoms with Gasteiger partial charge in [0, 0.05) is 11.6 Å². The predicted octanol–water partition coefficient (Wildman–Crippen LogP) is 6.00. The summed E-state index contributed by atoms with van der Waals surface area (Å²) in [6, 6.07) is 9.59. The molecule has 166 valence electrons. The maximum atomic E-state index is 13.1. The molecule has 0 unspecified atom stereocenters. The number of amides is 1. The van der Waals surface area contributed by atoms with Gasteiger partial charge in [0.05, 0.1) is 12.2 Å². The highest BCUT2D eigenvalue weighted by Gasteiger charge is 2.51. The van der Waals surface area contributed by atoms with E-state index in [1.54, 1.807) is 6.07 Å². The molecule has 2 aromatic rings. The summed E-state index contributed by atoms with van der Waals surface area (Å²) in [7, 11) is 0. The van der Waals surface area contributed by atoms with Crippen LogP contribution in [0.2, 0.25) is 0 Å². The molecule has 1 N–H and O–H groups in total. The molecule has 4 aliphatic carbocycles. The van der Waals surface area contributed by atoms with Crippen LogP contribution in [-0.2, 0) is 0 Å². The lowest BCUT2D eigenvalue weighted by Crippen LogP contribution is -2.59. The summed E-state index contributed by atoms with van der Waals surface area (Å²) in [5, 5.41) is 7.49. The lowest BCUT2D eigenvalue weighted by atomic mass is 9.53. The molecule has 0 spiro atoms. The average Bonchev–Trinajstić information content (AvgIpc) is 3.23. The molecule has 4 fully saturated rings. The Morgan fingerprint density at radius 2 is 1.81 bits per heavy atom. The number of hydrogen-bond donors (Lipinski definition) is 1. The number of benzene rings is 1. The molecule has 0 aliphatic heterocycles. The number of para-hydroxylation sites is 1. The third-order valence-corrected chi connectivity index (χ3v) is 7.57. The first-order chi connectivity index (χ1) is 15.1. The van der Waals surface area contributed by atoms with Crippen LogP contribution in [0.5, 0.6) is 5.75 Å². The van der Waals surface area contributed by atoms with Gasteiger partial charge >= 0.3 is 0 Å². The number of carbonyl (C=O) groups is 1. The number of unbranched alkanes of at least 4 members (excludes halogenated alkanes) is 3. The molecule has 0 atom stereocenters. The fourth-order valence-electron chi connectivity index (χ4n) is 6.58. The third kappa shape index (κ3) is 4.37. The molecular formula is C26H34N2O3. The van der Waals surface area contributed by atoms with Gasteiger partial charge < -0.3 is 14.6 Å². The van der Waals surface area contributed by atoms with Crippen molar-refractivity contribution in [1.82, 2.24) is 10.5 Å². The fraction of sp³-hybridized carbons (Fsp3) is 0.615. The summed E-state index contributed by atoms with van der Waals surface area (Å²) < 4.78 is 11.6. The topological polar surface area (TPSA) is 64.4 Å². The van der Waals surface area contributed by atoms with Gasteiger partial charge in [-0.05, 0) is 74.8 Å². The Kier molecular flexibility index (Phi) is 5.77. The number of nitrogens with zero attached hydrogens (tertiary/aromatic N) is 1. The van der Waals surface area contributed by atoms with E-state index in [0.717, 1.165) is 54.7 Å². The molecule has 5 nitrogen and oxygen atoms in total.